The van der Waals surface area contributed by atoms with Crippen LogP contribution in [0.4, 0.5) is 5.82 Å². The molecule has 32 heteroatoms. The Morgan fingerprint density at radius 1 is 0.509 bits per heavy atom. The molecule has 0 fully saturated rings. The second-order valence-electron chi connectivity index (χ2n) is 28.5. The van der Waals surface area contributed by atoms with Gasteiger partial charge in [-0.25, -0.2) is 64.5 Å². The number of aliphatic imine (C=N–C) groups is 1. The molecule has 3 amide bonds. The van der Waals surface area contributed by atoms with Gasteiger partial charge in [0, 0.05) is 83.1 Å². The third-order valence-electron chi connectivity index (χ3n) is 16.3. The first-order chi connectivity index (χ1) is 49.4. The van der Waals surface area contributed by atoms with E-state index in [1.807, 2.05) is 142 Å². The van der Waals surface area contributed by atoms with Crippen molar-refractivity contribution in [1.82, 2.24) is 118 Å². The molecule has 13 rings (SSSR count). The summed E-state index contributed by atoms with van der Waals surface area (Å²) >= 11 is 0. The number of anilines is 1. The van der Waals surface area contributed by atoms with Crippen molar-refractivity contribution < 1.29 is 14.4 Å². The quantitative estimate of drug-likeness (QED) is 0.0823. The van der Waals surface area contributed by atoms with Crippen LogP contribution >= 0.6 is 0 Å². The second kappa shape index (κ2) is 35.3. The van der Waals surface area contributed by atoms with Crippen LogP contribution < -0.4 is 32.8 Å². The van der Waals surface area contributed by atoms with Crippen LogP contribution in [0.25, 0.3) is 44.5 Å². The maximum Gasteiger partial charge on any atom is 0.288 e. The number of imidazole rings is 4. The van der Waals surface area contributed by atoms with Crippen molar-refractivity contribution in [2.24, 2.45) is 10.7 Å². The highest BCUT2D eigenvalue weighted by Crippen LogP contribution is 2.28. The summed E-state index contributed by atoms with van der Waals surface area (Å²) in [6.45, 7) is 63.5. The lowest BCUT2D eigenvalue weighted by Crippen LogP contribution is -2.40. The summed E-state index contributed by atoms with van der Waals surface area (Å²) in [4.78, 5) is 116. The summed E-state index contributed by atoms with van der Waals surface area (Å²) in [5, 5.41) is 13.3. The van der Waals surface area contributed by atoms with Gasteiger partial charge in [-0.3, -0.25) is 24.0 Å². The van der Waals surface area contributed by atoms with Crippen LogP contribution in [0, 0.1) is 41.5 Å². The van der Waals surface area contributed by atoms with Gasteiger partial charge in [0.1, 0.15) is 64.1 Å². The Kier molecular flexibility index (Phi) is 27.7. The Morgan fingerprint density at radius 3 is 1.58 bits per heavy atom. The van der Waals surface area contributed by atoms with E-state index >= 15 is 0 Å². The third-order valence-corrected chi connectivity index (χ3v) is 16.3. The zero-order chi connectivity index (χ0) is 79.4. The molecule has 0 saturated carbocycles. The van der Waals surface area contributed by atoms with E-state index < -0.39 is 5.91 Å². The number of hydrogen-bond donors (Lipinski definition) is 6. The fourth-order valence-corrected chi connectivity index (χ4v) is 10.6. The lowest BCUT2D eigenvalue weighted by molar-refractivity contribution is -0.117. The first kappa shape index (κ1) is 83.3. The van der Waals surface area contributed by atoms with Gasteiger partial charge in [-0.15, -0.1) is 5.10 Å². The maximum absolute atomic E-state index is 11.6. The number of nitrogens with two attached hydrogens (primary N) is 1. The van der Waals surface area contributed by atoms with Crippen LogP contribution in [-0.2, 0) is 10.3 Å². The van der Waals surface area contributed by atoms with Crippen molar-refractivity contribution in [3.8, 4) is 0 Å². The summed E-state index contributed by atoms with van der Waals surface area (Å²) in [5.41, 5.74) is 15.0. The molecule has 13 heterocycles. The van der Waals surface area contributed by atoms with Crippen molar-refractivity contribution in [3.63, 3.8) is 0 Å². The van der Waals surface area contributed by atoms with Gasteiger partial charge < -0.3 is 64.3 Å². The largest absolute Gasteiger partial charge is 0.363 e. The van der Waals surface area contributed by atoms with E-state index in [1.165, 1.54) is 11.9 Å². The van der Waals surface area contributed by atoms with Gasteiger partial charge in [0.2, 0.25) is 5.82 Å². The summed E-state index contributed by atoms with van der Waals surface area (Å²) in [6, 6.07) is 4.35. The average molecular weight is 1450 g/mol. The first-order valence-corrected chi connectivity index (χ1v) is 35.0. The standard InChI is InChI=1S/C11H15N3.C10H14N4O.C10H14N4.C10H16N2.2C9H12N4O.C9H14N2O.C6H10N4O/c1-7(2)14-6-5-10-8(3)12-9(4)13-11(10)14;1-6-12-8-7(9(15)13-6)11-5-14(8)10(2,3)4;1-6(2)14-5-11-9-7(3)12-8(4)13-10(9)14;1-7(2)12-6-8(3)9(4)11-10(12)5;1-5(2)13-4-10-8-7(13)9(14)12-6(3)11-8;1-5(2)13-4-10-7-8(13)11-6(3)12-9(7)14;1-6(2)11-5-7(3)9(12)10-8(11)4;1-4(2)10-3-8-6(9-10)5(7)11/h5-7H,1-4H3;5,12H,1H2,2-4H3,(H,13,15);5-6H,1-4H3;6-7H,5H2,1-4H3;2*4-5H,1-3H3,(H,11,12,14);5-6H,4H2,1-3H3,(H,10,12);3-4H,1-2H3,(H2,7,11). The monoisotopic (exact) mass is 1450 g/mol. The Balaban J connectivity index is 0.000000190. The number of aromatic nitrogens is 20. The Labute approximate surface area is 618 Å². The molecule has 0 atom stereocenters. The minimum Gasteiger partial charge on any atom is -0.363 e. The van der Waals surface area contributed by atoms with Crippen LogP contribution in [0.15, 0.2) is 119 Å². The average Bonchev–Trinajstić information content (AvgIpc) is 1.66. The number of fused-ring (bicyclic) bond motifs is 5. The predicted octanol–water partition coefficient (Wildman–Crippen LogP) is 11.6. The highest BCUT2D eigenvalue weighted by Gasteiger charge is 2.28. The molecule has 3 aliphatic rings. The van der Waals surface area contributed by atoms with Crippen molar-refractivity contribution in [1.29, 1.82) is 0 Å². The molecule has 0 bridgehead atoms. The Hall–Kier alpha value is -11.6. The van der Waals surface area contributed by atoms with Crippen LogP contribution in [0.5, 0.6) is 0 Å². The highest BCUT2D eigenvalue weighted by molar-refractivity contribution is 6.01. The normalized spacial score (nSPS) is 13.4. The number of aryl methyl sites for hydroxylation is 6. The van der Waals surface area contributed by atoms with Crippen molar-refractivity contribution in [2.45, 2.75) is 228 Å². The van der Waals surface area contributed by atoms with Gasteiger partial charge in [-0.05, 0) is 192 Å². The Morgan fingerprint density at radius 2 is 1.04 bits per heavy atom. The van der Waals surface area contributed by atoms with E-state index in [9.17, 15) is 24.0 Å². The highest BCUT2D eigenvalue weighted by atomic mass is 16.2. The fourth-order valence-electron chi connectivity index (χ4n) is 10.6. The van der Waals surface area contributed by atoms with E-state index in [1.54, 1.807) is 44.4 Å². The molecule has 0 radical (unpaired) electrons. The molecule has 0 aromatic carbocycles. The summed E-state index contributed by atoms with van der Waals surface area (Å²) in [6.07, 6.45) is 14.3. The van der Waals surface area contributed by atoms with Crippen LogP contribution in [0.2, 0.25) is 0 Å². The van der Waals surface area contributed by atoms with E-state index in [4.69, 9.17) is 5.73 Å². The predicted molar refractivity (Wildman–Crippen MR) is 416 cm³/mol. The molecular weight excluding hydrogens is 1350 g/mol. The molecular formula is C74H107N27O5. The van der Waals surface area contributed by atoms with Gasteiger partial charge in [0.05, 0.1) is 36.7 Å². The number of amides is 3. The number of aromatic amines is 2. The number of rotatable bonds is 8. The van der Waals surface area contributed by atoms with Crippen molar-refractivity contribution in [2.75, 3.05) is 5.32 Å². The fraction of sp³-hybridized carbons (Fsp3) is 0.459. The van der Waals surface area contributed by atoms with E-state index in [0.29, 0.717) is 81.3 Å². The van der Waals surface area contributed by atoms with Crippen LogP contribution in [0.3, 0.4) is 0 Å². The molecule has 10 aromatic heterocycles. The molecule has 0 aliphatic carbocycles. The molecule has 106 heavy (non-hydrogen) atoms. The smallest absolute Gasteiger partial charge is 0.288 e. The third kappa shape index (κ3) is 20.9. The zero-order valence-electron chi connectivity index (χ0n) is 66.4. The number of primary amides is 1. The Bertz CT molecular complexity index is 4960. The number of allylic oxidation sites excluding steroid dienone is 1. The molecule has 0 unspecified atom stereocenters. The lowest BCUT2D eigenvalue weighted by Gasteiger charge is -2.31. The topological polar surface area (TPSA) is 382 Å². The van der Waals surface area contributed by atoms with E-state index in [0.717, 1.165) is 62.3 Å². The molecule has 0 saturated heterocycles. The van der Waals surface area contributed by atoms with Gasteiger partial charge >= 0.3 is 0 Å². The number of H-pyrrole nitrogens is 2. The SMILES string of the molecule is C=C1N=C(C)C(C)=CN1C(C)C.C=C1NC(=O)C(C)=CN1C(C)C.C=C1NC(=O)c2ncn(C(C)(C)C)c2N1.CC(C)n1cnc(C(N)=O)n1.Cc1nc(C)c2ccn(C(C)C)c2n1.Cc1nc(C)c2ncn(C(C)C)c2n1.Cc1nc2c(ncn2C(C)C)c(=O)[nH]1.Cc1nc2ncn(C(C)C)c2c(=O)[nH]1. The zero-order valence-corrected chi connectivity index (χ0v) is 66.4. The number of carbonyl (C=O) groups is 3. The lowest BCUT2D eigenvalue weighted by atomic mass is 10.1. The maximum atomic E-state index is 11.6. The summed E-state index contributed by atoms with van der Waals surface area (Å²) < 4.78 is 11.5. The van der Waals surface area contributed by atoms with Crippen LogP contribution in [0.1, 0.15) is 224 Å². The summed E-state index contributed by atoms with van der Waals surface area (Å²) in [7, 11) is 0. The number of nitrogens with zero attached hydrogens (tertiary/aromatic N) is 21. The first-order valence-electron chi connectivity index (χ1n) is 35.0. The van der Waals surface area contributed by atoms with E-state index in [-0.39, 0.29) is 52.4 Å². The molecule has 10 aromatic rings. The summed E-state index contributed by atoms with van der Waals surface area (Å²) in [5.74, 6) is 4.75. The molecule has 7 N–H and O–H groups in total. The number of nitrogens with one attached hydrogen (secondary N) is 5. The van der Waals surface area contributed by atoms with E-state index in [2.05, 4.69) is 192 Å². The molecule has 32 nitrogen and oxygen atoms in total. The minimum absolute atomic E-state index is 0.0584. The van der Waals surface area contributed by atoms with Gasteiger partial charge in [0.25, 0.3) is 28.8 Å². The van der Waals surface area contributed by atoms with Gasteiger partial charge in [-0.2, -0.15) is 0 Å². The minimum atomic E-state index is -0.593. The number of carbonyl (C=O) groups excluding carboxylic acids is 3. The van der Waals surface area contributed by atoms with Crippen molar-refractivity contribution in [3.05, 3.63) is 172 Å². The van der Waals surface area contributed by atoms with Gasteiger partial charge in [0.15, 0.2) is 33.7 Å². The second-order valence-corrected chi connectivity index (χ2v) is 28.5. The van der Waals surface area contributed by atoms with Crippen molar-refractivity contribution >= 4 is 73.8 Å². The molecule has 568 valence electrons. The molecule has 0 spiro atoms. The number of hydrogen-bond acceptors (Lipinski definition) is 21. The molecule has 3 aliphatic heterocycles. The van der Waals surface area contributed by atoms with Crippen LogP contribution in [-0.4, -0.2) is 143 Å². The van der Waals surface area contributed by atoms with Gasteiger partial charge in [-0.1, -0.05) is 19.7 Å².